The lowest BCUT2D eigenvalue weighted by Crippen LogP contribution is -2.22. The van der Waals surface area contributed by atoms with Crippen molar-refractivity contribution in [1.29, 1.82) is 0 Å². The molecule has 33 heavy (non-hydrogen) atoms. The molecule has 0 unspecified atom stereocenters. The summed E-state index contributed by atoms with van der Waals surface area (Å²) in [5, 5.41) is 8.92. The lowest BCUT2D eigenvalue weighted by atomic mass is 10.1. The summed E-state index contributed by atoms with van der Waals surface area (Å²) in [5.41, 5.74) is 3.31. The third-order valence-electron chi connectivity index (χ3n) is 4.76. The Hall–Kier alpha value is -4.58. The first kappa shape index (κ1) is 21.6. The molecule has 0 saturated carbocycles. The second-order valence-corrected chi connectivity index (χ2v) is 7.22. The molecule has 0 aliphatic heterocycles. The van der Waals surface area contributed by atoms with Crippen LogP contribution in [-0.4, -0.2) is 18.4 Å². The van der Waals surface area contributed by atoms with E-state index in [0.29, 0.717) is 22.7 Å². The smallest absolute Gasteiger partial charge is 0.262 e. The summed E-state index contributed by atoms with van der Waals surface area (Å²) in [4.78, 5) is 25.2. The molecule has 0 heterocycles. The third kappa shape index (κ3) is 6.21. The van der Waals surface area contributed by atoms with Crippen molar-refractivity contribution in [3.63, 3.8) is 0 Å². The van der Waals surface area contributed by atoms with Gasteiger partial charge in [0.1, 0.15) is 5.75 Å². The fourth-order valence-electron chi connectivity index (χ4n) is 3.17. The number of para-hydroxylation sites is 3. The molecule has 0 aromatic heterocycles. The van der Waals surface area contributed by atoms with Gasteiger partial charge in [0.05, 0.1) is 11.3 Å². The van der Waals surface area contributed by atoms with Crippen molar-refractivity contribution < 1.29 is 14.3 Å². The molecule has 6 nitrogen and oxygen atoms in total. The Labute approximate surface area is 192 Å². The van der Waals surface area contributed by atoms with Gasteiger partial charge in [-0.05, 0) is 60.7 Å². The van der Waals surface area contributed by atoms with Gasteiger partial charge in [0, 0.05) is 17.1 Å². The van der Waals surface area contributed by atoms with Gasteiger partial charge in [-0.2, -0.15) is 0 Å². The number of amides is 2. The standard InChI is InChI=1S/C27H23N3O3/c31-26(19-33-23-11-5-2-6-12-23)30-25-14-8-7-13-24(25)27(32)29-22-17-15-21(16-18-22)28-20-9-3-1-4-10-20/h1-18,28H,19H2,(H,29,32)(H,30,31). The number of carbonyl (C=O) groups excluding carboxylic acids is 2. The number of anilines is 4. The Kier molecular flexibility index (Phi) is 6.98. The number of benzene rings is 4. The lowest BCUT2D eigenvalue weighted by Gasteiger charge is -2.12. The van der Waals surface area contributed by atoms with Crippen LogP contribution in [0.3, 0.4) is 0 Å². The van der Waals surface area contributed by atoms with Crippen LogP contribution in [0.1, 0.15) is 10.4 Å². The van der Waals surface area contributed by atoms with Crippen molar-refractivity contribution in [3.8, 4) is 5.75 Å². The number of rotatable bonds is 8. The van der Waals surface area contributed by atoms with Crippen LogP contribution in [0.5, 0.6) is 5.75 Å². The van der Waals surface area contributed by atoms with E-state index in [1.807, 2.05) is 72.8 Å². The first-order valence-electron chi connectivity index (χ1n) is 10.5. The molecule has 0 aliphatic rings. The van der Waals surface area contributed by atoms with Crippen molar-refractivity contribution in [3.05, 3.63) is 115 Å². The van der Waals surface area contributed by atoms with Gasteiger partial charge in [-0.15, -0.1) is 0 Å². The molecule has 0 saturated heterocycles. The zero-order valence-electron chi connectivity index (χ0n) is 17.8. The Morgan fingerprint density at radius 1 is 0.606 bits per heavy atom. The lowest BCUT2D eigenvalue weighted by molar-refractivity contribution is -0.118. The second kappa shape index (κ2) is 10.6. The fraction of sp³-hybridized carbons (Fsp3) is 0.0370. The van der Waals surface area contributed by atoms with E-state index >= 15 is 0 Å². The quantitative estimate of drug-likeness (QED) is 0.330. The normalized spacial score (nSPS) is 10.2. The van der Waals surface area contributed by atoms with E-state index < -0.39 is 0 Å². The molecule has 0 radical (unpaired) electrons. The van der Waals surface area contributed by atoms with Crippen LogP contribution in [0.2, 0.25) is 0 Å². The molecule has 164 valence electrons. The van der Waals surface area contributed by atoms with Crippen molar-refractivity contribution in [1.82, 2.24) is 0 Å². The van der Waals surface area contributed by atoms with Crippen molar-refractivity contribution in [2.75, 3.05) is 22.6 Å². The Morgan fingerprint density at radius 3 is 1.91 bits per heavy atom. The number of nitrogens with one attached hydrogen (secondary N) is 3. The summed E-state index contributed by atoms with van der Waals surface area (Å²) >= 11 is 0. The van der Waals surface area contributed by atoms with E-state index in [1.54, 1.807) is 36.4 Å². The first-order valence-corrected chi connectivity index (χ1v) is 10.5. The van der Waals surface area contributed by atoms with Crippen LogP contribution in [0.15, 0.2) is 109 Å². The molecule has 4 rings (SSSR count). The molecule has 0 atom stereocenters. The number of hydrogen-bond acceptors (Lipinski definition) is 4. The summed E-state index contributed by atoms with van der Waals surface area (Å²) in [6, 6.07) is 33.2. The minimum atomic E-state index is -0.351. The topological polar surface area (TPSA) is 79.5 Å². The Morgan fingerprint density at radius 2 is 1.18 bits per heavy atom. The highest BCUT2D eigenvalue weighted by atomic mass is 16.5. The van der Waals surface area contributed by atoms with Crippen LogP contribution in [0, 0.1) is 0 Å². The summed E-state index contributed by atoms with van der Waals surface area (Å²) in [7, 11) is 0. The zero-order chi connectivity index (χ0) is 22.9. The maximum Gasteiger partial charge on any atom is 0.262 e. The molecule has 4 aromatic rings. The van der Waals surface area contributed by atoms with Crippen molar-refractivity contribution >= 4 is 34.6 Å². The van der Waals surface area contributed by atoms with Gasteiger partial charge >= 0.3 is 0 Å². The monoisotopic (exact) mass is 437 g/mol. The molecule has 6 heteroatoms. The van der Waals surface area contributed by atoms with E-state index in [2.05, 4.69) is 16.0 Å². The minimum absolute atomic E-state index is 0.157. The fourth-order valence-corrected chi connectivity index (χ4v) is 3.17. The highest BCUT2D eigenvalue weighted by molar-refractivity contribution is 6.10. The molecule has 0 aliphatic carbocycles. The zero-order valence-corrected chi connectivity index (χ0v) is 17.8. The summed E-state index contributed by atoms with van der Waals surface area (Å²) < 4.78 is 5.47. The number of hydrogen-bond donors (Lipinski definition) is 3. The number of ether oxygens (including phenoxy) is 1. The molecule has 0 fully saturated rings. The maximum atomic E-state index is 12.9. The van der Waals surface area contributed by atoms with Crippen molar-refractivity contribution in [2.45, 2.75) is 0 Å². The van der Waals surface area contributed by atoms with E-state index in [1.165, 1.54) is 0 Å². The van der Waals surface area contributed by atoms with Gasteiger partial charge in [-0.1, -0.05) is 48.5 Å². The molecule has 2 amide bonds. The SMILES string of the molecule is O=C(COc1ccccc1)Nc1ccccc1C(=O)Nc1ccc(Nc2ccccc2)cc1. The molecule has 0 spiro atoms. The van der Waals surface area contributed by atoms with Gasteiger partial charge in [-0.25, -0.2) is 0 Å². The molecule has 4 aromatic carbocycles. The Balaban J connectivity index is 1.37. The predicted octanol–water partition coefficient (Wildman–Crippen LogP) is 5.70. The van der Waals surface area contributed by atoms with E-state index in [9.17, 15) is 9.59 Å². The summed E-state index contributed by atoms with van der Waals surface area (Å²) in [6.07, 6.45) is 0. The van der Waals surface area contributed by atoms with Gasteiger partial charge < -0.3 is 20.7 Å². The number of carbonyl (C=O) groups is 2. The Bertz CT molecular complexity index is 1210. The maximum absolute atomic E-state index is 12.9. The van der Waals surface area contributed by atoms with Crippen molar-refractivity contribution in [2.24, 2.45) is 0 Å². The van der Waals surface area contributed by atoms with Gasteiger partial charge in [0.25, 0.3) is 11.8 Å². The summed E-state index contributed by atoms with van der Waals surface area (Å²) in [5.74, 6) is -0.0713. The molecule has 3 N–H and O–H groups in total. The van der Waals surface area contributed by atoms with Crippen LogP contribution >= 0.6 is 0 Å². The van der Waals surface area contributed by atoms with Crippen LogP contribution in [0.4, 0.5) is 22.7 Å². The second-order valence-electron chi connectivity index (χ2n) is 7.22. The van der Waals surface area contributed by atoms with E-state index in [4.69, 9.17) is 4.74 Å². The molecular formula is C27H23N3O3. The average Bonchev–Trinajstić information content (AvgIpc) is 2.85. The largest absolute Gasteiger partial charge is 0.484 e. The predicted molar refractivity (Wildman–Crippen MR) is 131 cm³/mol. The minimum Gasteiger partial charge on any atom is -0.484 e. The third-order valence-corrected chi connectivity index (χ3v) is 4.76. The van der Waals surface area contributed by atoms with Gasteiger partial charge in [-0.3, -0.25) is 9.59 Å². The van der Waals surface area contributed by atoms with E-state index in [-0.39, 0.29) is 18.4 Å². The highest BCUT2D eigenvalue weighted by Crippen LogP contribution is 2.21. The average molecular weight is 437 g/mol. The summed E-state index contributed by atoms with van der Waals surface area (Å²) in [6.45, 7) is -0.157. The van der Waals surface area contributed by atoms with Crippen LogP contribution in [0.25, 0.3) is 0 Å². The molecular weight excluding hydrogens is 414 g/mol. The highest BCUT2D eigenvalue weighted by Gasteiger charge is 2.14. The van der Waals surface area contributed by atoms with Crippen LogP contribution < -0.4 is 20.7 Å². The molecule has 0 bridgehead atoms. The van der Waals surface area contributed by atoms with E-state index in [0.717, 1.165) is 11.4 Å². The van der Waals surface area contributed by atoms with Crippen LogP contribution in [-0.2, 0) is 4.79 Å². The van der Waals surface area contributed by atoms with Gasteiger partial charge in [0.2, 0.25) is 0 Å². The first-order chi connectivity index (χ1) is 16.2. The van der Waals surface area contributed by atoms with Gasteiger partial charge in [0.15, 0.2) is 6.61 Å².